The summed E-state index contributed by atoms with van der Waals surface area (Å²) in [6.07, 6.45) is 58.6. The molecule has 0 rings (SSSR count). The van der Waals surface area contributed by atoms with E-state index in [1.807, 2.05) is 0 Å². The highest BCUT2D eigenvalue weighted by Crippen LogP contribution is 2.45. The van der Waals surface area contributed by atoms with Gasteiger partial charge in [-0.2, -0.15) is 0 Å². The third-order valence-corrected chi connectivity index (χ3v) is 20.5. The minimum absolute atomic E-state index is 0.104. The number of aliphatic hydroxyl groups is 1. The van der Waals surface area contributed by atoms with Gasteiger partial charge in [0.15, 0.2) is 12.2 Å². The van der Waals surface area contributed by atoms with Crippen molar-refractivity contribution in [1.82, 2.24) is 0 Å². The zero-order chi connectivity index (χ0) is 73.0. The zero-order valence-corrected chi connectivity index (χ0v) is 66.8. The summed E-state index contributed by atoms with van der Waals surface area (Å²) in [4.78, 5) is 72.9. The average molecular weight is 1450 g/mol. The Kier molecular flexibility index (Phi) is 69.0. The van der Waals surface area contributed by atoms with Gasteiger partial charge in [0.2, 0.25) is 0 Å². The predicted octanol–water partition coefficient (Wildman–Crippen LogP) is 23.7. The number of carbonyl (C=O) groups excluding carboxylic acids is 4. The largest absolute Gasteiger partial charge is 0.472 e. The van der Waals surface area contributed by atoms with Crippen LogP contribution in [0.2, 0.25) is 0 Å². The first-order valence-electron chi connectivity index (χ1n) is 41.3. The lowest BCUT2D eigenvalue weighted by Gasteiger charge is -2.21. The quantitative estimate of drug-likeness (QED) is 0.0222. The molecule has 0 aliphatic carbocycles. The first-order chi connectivity index (χ1) is 47.7. The highest BCUT2D eigenvalue weighted by atomic mass is 31.2. The van der Waals surface area contributed by atoms with Crippen LogP contribution in [0.15, 0.2) is 0 Å². The third-order valence-electron chi connectivity index (χ3n) is 18.6. The Morgan fingerprint density at radius 1 is 0.273 bits per heavy atom. The summed E-state index contributed by atoms with van der Waals surface area (Å²) in [5.41, 5.74) is 0. The second-order valence-electron chi connectivity index (χ2n) is 30.2. The molecule has 0 saturated carbocycles. The highest BCUT2D eigenvalue weighted by Gasteiger charge is 2.30. The first kappa shape index (κ1) is 97.1. The summed E-state index contributed by atoms with van der Waals surface area (Å²) in [7, 11) is -9.92. The van der Waals surface area contributed by atoms with Crippen molar-refractivity contribution in [3.63, 3.8) is 0 Å². The van der Waals surface area contributed by atoms with Crippen LogP contribution in [0.25, 0.3) is 0 Å². The van der Waals surface area contributed by atoms with Crippen LogP contribution in [-0.4, -0.2) is 96.7 Å². The molecule has 0 aromatic rings. The molecule has 5 atom stereocenters. The molecule has 0 aliphatic heterocycles. The number of hydrogen-bond donors (Lipinski definition) is 3. The van der Waals surface area contributed by atoms with E-state index in [-0.39, 0.29) is 25.7 Å². The van der Waals surface area contributed by atoms with Gasteiger partial charge in [0, 0.05) is 25.7 Å². The van der Waals surface area contributed by atoms with Gasteiger partial charge >= 0.3 is 39.5 Å². The Labute approximate surface area is 607 Å². The summed E-state index contributed by atoms with van der Waals surface area (Å²) in [6, 6.07) is 0. The minimum atomic E-state index is -4.96. The highest BCUT2D eigenvalue weighted by molar-refractivity contribution is 7.47. The van der Waals surface area contributed by atoms with Crippen LogP contribution in [0.1, 0.15) is 414 Å². The zero-order valence-electron chi connectivity index (χ0n) is 65.0. The second-order valence-corrected chi connectivity index (χ2v) is 33.1. The molecule has 0 heterocycles. The molecule has 19 heteroatoms. The topological polar surface area (TPSA) is 237 Å². The summed E-state index contributed by atoms with van der Waals surface area (Å²) in [6.45, 7) is 11.8. The van der Waals surface area contributed by atoms with Crippen molar-refractivity contribution in [1.29, 1.82) is 0 Å². The Balaban J connectivity index is 5.21. The van der Waals surface area contributed by atoms with E-state index < -0.39 is 97.5 Å². The van der Waals surface area contributed by atoms with Crippen molar-refractivity contribution in [2.24, 2.45) is 17.8 Å². The van der Waals surface area contributed by atoms with Crippen molar-refractivity contribution in [3.8, 4) is 0 Å². The fourth-order valence-corrected chi connectivity index (χ4v) is 13.9. The van der Waals surface area contributed by atoms with Gasteiger partial charge in [-0.05, 0) is 43.4 Å². The van der Waals surface area contributed by atoms with Crippen molar-refractivity contribution < 1.29 is 80.2 Å². The number of aliphatic hydroxyl groups excluding tert-OH is 1. The van der Waals surface area contributed by atoms with Crippen LogP contribution < -0.4 is 0 Å². The van der Waals surface area contributed by atoms with Crippen LogP contribution in [0, 0.1) is 17.8 Å². The molecule has 3 N–H and O–H groups in total. The standard InChI is InChI=1S/C80H156O17P2/c1-8-9-10-11-12-13-14-15-16-17-18-19-23-26-29-34-39-47-54-61-77(82)90-67-75(96-79(84)63-56-49-40-35-30-27-24-21-20-22-25-28-32-37-44-51-58-71(2)3)69-94-98(86,87)92-65-74(81)66-93-99(88,89)95-70-76(68-91-78(83)62-55-48-43-42-46-53-60-73(6)7)97-80(85)64-57-50-41-36-31-33-38-45-52-59-72(4)5/h71-76,81H,8-70H2,1-7H3,(H,86,87)(H,88,89)/t74-,75-,76-/m1/s1. The Morgan fingerprint density at radius 3 is 0.687 bits per heavy atom. The fraction of sp³-hybridized carbons (Fsp3) is 0.950. The van der Waals surface area contributed by atoms with Gasteiger partial charge in [-0.25, -0.2) is 9.13 Å². The molecule has 0 bridgehead atoms. The monoisotopic (exact) mass is 1450 g/mol. The Morgan fingerprint density at radius 2 is 0.465 bits per heavy atom. The number of ether oxygens (including phenoxy) is 4. The third kappa shape index (κ3) is 74.1. The van der Waals surface area contributed by atoms with Crippen LogP contribution in [-0.2, 0) is 65.4 Å². The smallest absolute Gasteiger partial charge is 0.462 e. The van der Waals surface area contributed by atoms with Crippen LogP contribution in [0.5, 0.6) is 0 Å². The molecule has 0 aromatic heterocycles. The van der Waals surface area contributed by atoms with Gasteiger partial charge in [-0.3, -0.25) is 37.3 Å². The van der Waals surface area contributed by atoms with Crippen molar-refractivity contribution in [2.45, 2.75) is 433 Å². The summed E-state index contributed by atoms with van der Waals surface area (Å²) in [5, 5.41) is 10.6. The maximum Gasteiger partial charge on any atom is 0.472 e. The normalized spacial score (nSPS) is 14.0. The van der Waals surface area contributed by atoms with Gasteiger partial charge in [-0.1, -0.05) is 363 Å². The van der Waals surface area contributed by atoms with E-state index in [0.717, 1.165) is 108 Å². The first-order valence-corrected chi connectivity index (χ1v) is 44.3. The lowest BCUT2D eigenvalue weighted by atomic mass is 10.0. The van der Waals surface area contributed by atoms with Crippen molar-refractivity contribution in [2.75, 3.05) is 39.6 Å². The molecule has 0 fully saturated rings. The summed E-state index contributed by atoms with van der Waals surface area (Å²) < 4.78 is 68.6. The van der Waals surface area contributed by atoms with E-state index in [4.69, 9.17) is 37.0 Å². The molecule has 0 aliphatic rings. The summed E-state index contributed by atoms with van der Waals surface area (Å²) >= 11 is 0. The Bertz CT molecular complexity index is 1920. The number of carbonyl (C=O) groups is 4. The molecule has 588 valence electrons. The molecule has 0 amide bonds. The predicted molar refractivity (Wildman–Crippen MR) is 405 cm³/mol. The van der Waals surface area contributed by atoms with Crippen LogP contribution >= 0.6 is 15.6 Å². The van der Waals surface area contributed by atoms with Gasteiger partial charge in [0.1, 0.15) is 19.3 Å². The molecule has 99 heavy (non-hydrogen) atoms. The number of unbranched alkanes of at least 4 members (excludes halogenated alkanes) is 46. The SMILES string of the molecule is CCCCCCCCCCCCCCCCCCCCCC(=O)OC[C@H](COP(=O)(O)OC[C@@H](O)COP(=O)(O)OC[C@@H](COC(=O)CCCCCCCCC(C)C)OC(=O)CCCCCCCCCCCC(C)C)OC(=O)CCCCCCCCCCCCCCCCCCC(C)C. The molecule has 2 unspecified atom stereocenters. The van der Waals surface area contributed by atoms with Gasteiger partial charge in [0.05, 0.1) is 26.4 Å². The maximum absolute atomic E-state index is 13.1. The number of phosphoric ester groups is 2. The maximum atomic E-state index is 13.1. The van der Waals surface area contributed by atoms with Crippen LogP contribution in [0.3, 0.4) is 0 Å². The van der Waals surface area contributed by atoms with Crippen molar-refractivity contribution >= 4 is 39.5 Å². The molecular formula is C80H156O17P2. The van der Waals surface area contributed by atoms with Crippen molar-refractivity contribution in [3.05, 3.63) is 0 Å². The van der Waals surface area contributed by atoms with E-state index in [0.29, 0.717) is 31.6 Å². The molecule has 0 spiro atoms. The molecular weight excluding hydrogens is 1290 g/mol. The lowest BCUT2D eigenvalue weighted by Crippen LogP contribution is -2.30. The van der Waals surface area contributed by atoms with Gasteiger partial charge in [-0.15, -0.1) is 0 Å². The van der Waals surface area contributed by atoms with E-state index in [9.17, 15) is 43.2 Å². The van der Waals surface area contributed by atoms with E-state index in [1.165, 1.54) is 218 Å². The second kappa shape index (κ2) is 70.4. The van der Waals surface area contributed by atoms with Crippen LogP contribution in [0.4, 0.5) is 0 Å². The number of hydrogen-bond acceptors (Lipinski definition) is 15. The number of phosphoric acid groups is 2. The molecule has 17 nitrogen and oxygen atoms in total. The van der Waals surface area contributed by atoms with E-state index >= 15 is 0 Å². The van der Waals surface area contributed by atoms with Gasteiger partial charge in [0.25, 0.3) is 0 Å². The number of rotatable bonds is 78. The Hall–Kier alpha value is -1.94. The minimum Gasteiger partial charge on any atom is -0.462 e. The van der Waals surface area contributed by atoms with Gasteiger partial charge < -0.3 is 33.8 Å². The average Bonchev–Trinajstić information content (AvgIpc) is 0.945. The molecule has 0 radical (unpaired) electrons. The molecule has 0 saturated heterocycles. The lowest BCUT2D eigenvalue weighted by molar-refractivity contribution is -0.161. The van der Waals surface area contributed by atoms with E-state index in [2.05, 4.69) is 48.5 Å². The van der Waals surface area contributed by atoms with E-state index in [1.54, 1.807) is 0 Å². The number of esters is 4. The molecule has 0 aromatic carbocycles. The fourth-order valence-electron chi connectivity index (χ4n) is 12.3. The summed E-state index contributed by atoms with van der Waals surface area (Å²) in [5.74, 6) is 0.109.